The summed E-state index contributed by atoms with van der Waals surface area (Å²) in [6.45, 7) is 4.72. The number of nitrogens with zero attached hydrogens (tertiary/aromatic N) is 2. The molecule has 0 spiro atoms. The Bertz CT molecular complexity index is 475. The third-order valence-electron chi connectivity index (χ3n) is 3.46. The highest BCUT2D eigenvalue weighted by atomic mass is 35.5. The first-order valence-corrected chi connectivity index (χ1v) is 6.78. The Morgan fingerprint density at radius 1 is 1.45 bits per heavy atom. The largest absolute Gasteiger partial charge is 0.334 e. The second-order valence-electron chi connectivity index (χ2n) is 4.83. The summed E-state index contributed by atoms with van der Waals surface area (Å²) in [5.74, 6) is 0.0695. The molecular formula is C15H20ClN3O. The molecule has 1 saturated heterocycles. The molecule has 5 heteroatoms. The second kappa shape index (κ2) is 7.88. The van der Waals surface area contributed by atoms with Crippen LogP contribution in [0.3, 0.4) is 0 Å². The maximum Gasteiger partial charge on any atom is 0.254 e. The van der Waals surface area contributed by atoms with E-state index in [1.54, 1.807) is 24.3 Å². The summed E-state index contributed by atoms with van der Waals surface area (Å²) in [6, 6.07) is 9.24. The molecule has 1 aliphatic rings. The van der Waals surface area contributed by atoms with Crippen LogP contribution >= 0.6 is 12.4 Å². The van der Waals surface area contributed by atoms with Crippen LogP contribution in [0.2, 0.25) is 0 Å². The lowest BCUT2D eigenvalue weighted by atomic mass is 10.1. The van der Waals surface area contributed by atoms with Gasteiger partial charge in [0.1, 0.15) is 0 Å². The van der Waals surface area contributed by atoms with Gasteiger partial charge in [-0.25, -0.2) is 0 Å². The fourth-order valence-electron chi connectivity index (χ4n) is 2.45. The Hall–Kier alpha value is -1.57. The van der Waals surface area contributed by atoms with Crippen molar-refractivity contribution in [2.24, 2.45) is 0 Å². The van der Waals surface area contributed by atoms with Crippen molar-refractivity contribution in [2.75, 3.05) is 19.6 Å². The minimum atomic E-state index is 0. The van der Waals surface area contributed by atoms with Crippen LogP contribution in [-0.4, -0.2) is 36.5 Å². The number of amides is 1. The number of rotatable bonds is 4. The van der Waals surface area contributed by atoms with Gasteiger partial charge in [-0.3, -0.25) is 4.79 Å². The molecule has 0 saturated carbocycles. The van der Waals surface area contributed by atoms with Crippen LogP contribution in [0.4, 0.5) is 0 Å². The number of benzene rings is 1. The molecule has 1 heterocycles. The summed E-state index contributed by atoms with van der Waals surface area (Å²) in [5.41, 5.74) is 1.25. The third-order valence-corrected chi connectivity index (χ3v) is 3.46. The lowest BCUT2D eigenvalue weighted by molar-refractivity contribution is 0.0692. The molecule has 0 radical (unpaired) electrons. The van der Waals surface area contributed by atoms with Crippen molar-refractivity contribution in [1.29, 1.82) is 5.26 Å². The van der Waals surface area contributed by atoms with Crippen LogP contribution in [0.25, 0.3) is 0 Å². The second-order valence-corrected chi connectivity index (χ2v) is 4.83. The van der Waals surface area contributed by atoms with Crippen LogP contribution in [-0.2, 0) is 0 Å². The Balaban J connectivity index is 0.00000200. The van der Waals surface area contributed by atoms with Crippen LogP contribution in [0, 0.1) is 11.3 Å². The number of carbonyl (C=O) groups excluding carboxylic acids is 1. The molecule has 1 unspecified atom stereocenters. The fourth-order valence-corrected chi connectivity index (χ4v) is 2.45. The summed E-state index contributed by atoms with van der Waals surface area (Å²) in [6.07, 6.45) is 1.97. The van der Waals surface area contributed by atoms with Gasteiger partial charge in [-0.2, -0.15) is 5.26 Å². The smallest absolute Gasteiger partial charge is 0.254 e. The first kappa shape index (κ1) is 16.5. The zero-order valence-corrected chi connectivity index (χ0v) is 12.4. The molecule has 1 atom stereocenters. The van der Waals surface area contributed by atoms with Crippen molar-refractivity contribution in [2.45, 2.75) is 25.8 Å². The van der Waals surface area contributed by atoms with Gasteiger partial charge in [-0.05, 0) is 43.7 Å². The average Bonchev–Trinajstić information content (AvgIpc) is 2.98. The number of nitrogens with one attached hydrogen (secondary N) is 1. The van der Waals surface area contributed by atoms with E-state index in [1.165, 1.54) is 0 Å². The van der Waals surface area contributed by atoms with Crippen molar-refractivity contribution in [3.63, 3.8) is 0 Å². The van der Waals surface area contributed by atoms with Gasteiger partial charge in [0.15, 0.2) is 0 Å². The Labute approximate surface area is 126 Å². The summed E-state index contributed by atoms with van der Waals surface area (Å²) < 4.78 is 0. The fraction of sp³-hybridized carbons (Fsp3) is 0.467. The van der Waals surface area contributed by atoms with E-state index in [-0.39, 0.29) is 18.3 Å². The molecular weight excluding hydrogens is 274 g/mol. The molecule has 108 valence electrons. The minimum Gasteiger partial charge on any atom is -0.334 e. The summed E-state index contributed by atoms with van der Waals surface area (Å²) in [4.78, 5) is 14.5. The van der Waals surface area contributed by atoms with Gasteiger partial charge < -0.3 is 10.2 Å². The van der Waals surface area contributed by atoms with E-state index < -0.39 is 0 Å². The van der Waals surface area contributed by atoms with E-state index in [9.17, 15) is 4.79 Å². The molecule has 0 aromatic heterocycles. The number of nitriles is 1. The molecule has 1 aromatic rings. The van der Waals surface area contributed by atoms with Crippen LogP contribution in [0.1, 0.15) is 35.7 Å². The summed E-state index contributed by atoms with van der Waals surface area (Å²) in [7, 11) is 0. The van der Waals surface area contributed by atoms with Gasteiger partial charge in [-0.15, -0.1) is 12.4 Å². The van der Waals surface area contributed by atoms with Crippen LogP contribution < -0.4 is 5.32 Å². The lowest BCUT2D eigenvalue weighted by Crippen LogP contribution is -2.42. The quantitative estimate of drug-likeness (QED) is 0.926. The Morgan fingerprint density at radius 3 is 2.65 bits per heavy atom. The van der Waals surface area contributed by atoms with Crippen LogP contribution in [0.5, 0.6) is 0 Å². The number of carbonyl (C=O) groups is 1. The molecule has 1 aromatic carbocycles. The first-order valence-electron chi connectivity index (χ1n) is 6.78. The zero-order chi connectivity index (χ0) is 13.7. The van der Waals surface area contributed by atoms with Gasteiger partial charge in [0.25, 0.3) is 5.91 Å². The summed E-state index contributed by atoms with van der Waals surface area (Å²) >= 11 is 0. The summed E-state index contributed by atoms with van der Waals surface area (Å²) in [5, 5.41) is 12.1. The SMILES string of the molecule is CCCN(C(=O)c1ccc(C#N)cc1)C1CCNC1.Cl. The van der Waals surface area contributed by atoms with Gasteiger partial charge in [0.05, 0.1) is 11.6 Å². The van der Waals surface area contributed by atoms with E-state index in [0.29, 0.717) is 17.2 Å². The van der Waals surface area contributed by atoms with Crippen LogP contribution in [0.15, 0.2) is 24.3 Å². The molecule has 0 bridgehead atoms. The first-order chi connectivity index (χ1) is 9.26. The van der Waals surface area contributed by atoms with E-state index >= 15 is 0 Å². The Morgan fingerprint density at radius 2 is 2.15 bits per heavy atom. The molecule has 2 rings (SSSR count). The normalized spacial score (nSPS) is 17.1. The molecule has 1 amide bonds. The van der Waals surface area contributed by atoms with Gasteiger partial charge in [0.2, 0.25) is 0 Å². The molecule has 20 heavy (non-hydrogen) atoms. The third kappa shape index (κ3) is 3.72. The predicted molar refractivity (Wildman–Crippen MR) is 81.0 cm³/mol. The van der Waals surface area contributed by atoms with Gasteiger partial charge in [-0.1, -0.05) is 6.92 Å². The van der Waals surface area contributed by atoms with Crippen molar-refractivity contribution < 1.29 is 4.79 Å². The minimum absolute atomic E-state index is 0. The predicted octanol–water partition coefficient (Wildman–Crippen LogP) is 2.19. The maximum absolute atomic E-state index is 12.5. The highest BCUT2D eigenvalue weighted by Crippen LogP contribution is 2.14. The van der Waals surface area contributed by atoms with E-state index in [2.05, 4.69) is 18.3 Å². The molecule has 4 nitrogen and oxygen atoms in total. The molecule has 1 aliphatic heterocycles. The molecule has 0 aliphatic carbocycles. The number of halogens is 1. The zero-order valence-electron chi connectivity index (χ0n) is 11.6. The number of hydrogen-bond donors (Lipinski definition) is 1. The highest BCUT2D eigenvalue weighted by Gasteiger charge is 2.26. The maximum atomic E-state index is 12.5. The molecule has 1 N–H and O–H groups in total. The Kier molecular flexibility index (Phi) is 6.50. The lowest BCUT2D eigenvalue weighted by Gasteiger charge is -2.28. The van der Waals surface area contributed by atoms with E-state index in [4.69, 9.17) is 5.26 Å². The standard InChI is InChI=1S/C15H19N3O.ClH/c1-2-9-18(14-7-8-17-11-14)15(19)13-5-3-12(10-16)4-6-13;/h3-6,14,17H,2,7-9,11H2,1H3;1H. The van der Waals surface area contributed by atoms with Crippen molar-refractivity contribution >= 4 is 18.3 Å². The van der Waals surface area contributed by atoms with Crippen molar-refractivity contribution in [1.82, 2.24) is 10.2 Å². The topological polar surface area (TPSA) is 56.1 Å². The van der Waals surface area contributed by atoms with E-state index in [1.807, 2.05) is 4.90 Å². The van der Waals surface area contributed by atoms with Crippen molar-refractivity contribution in [3.8, 4) is 6.07 Å². The average molecular weight is 294 g/mol. The number of hydrogen-bond acceptors (Lipinski definition) is 3. The van der Waals surface area contributed by atoms with Gasteiger partial charge in [0, 0.05) is 24.7 Å². The van der Waals surface area contributed by atoms with Gasteiger partial charge >= 0.3 is 0 Å². The monoisotopic (exact) mass is 293 g/mol. The van der Waals surface area contributed by atoms with Crippen molar-refractivity contribution in [3.05, 3.63) is 35.4 Å². The molecule has 1 fully saturated rings. The van der Waals surface area contributed by atoms with E-state index in [0.717, 1.165) is 32.5 Å². The highest BCUT2D eigenvalue weighted by molar-refractivity contribution is 5.94.